The molecule has 0 radical (unpaired) electrons. The van der Waals surface area contributed by atoms with E-state index < -0.39 is 0 Å². The van der Waals surface area contributed by atoms with Gasteiger partial charge in [0, 0.05) is 25.5 Å². The van der Waals surface area contributed by atoms with Crippen molar-refractivity contribution in [1.82, 2.24) is 14.9 Å². The van der Waals surface area contributed by atoms with Crippen molar-refractivity contribution >= 4 is 17.5 Å². The average Bonchev–Trinajstić information content (AvgIpc) is 2.63. The molecule has 1 aliphatic rings. The van der Waals surface area contributed by atoms with E-state index in [2.05, 4.69) is 28.3 Å². The smallest absolute Gasteiger partial charge is 0.256 e. The number of piperidine rings is 1. The second-order valence-corrected chi connectivity index (χ2v) is 6.05. The highest BCUT2D eigenvalue weighted by Gasteiger charge is 2.21. The molecular weight excluding hydrogens is 302 g/mol. The van der Waals surface area contributed by atoms with E-state index in [9.17, 15) is 4.79 Å². The van der Waals surface area contributed by atoms with E-state index in [4.69, 9.17) is 5.26 Å². The van der Waals surface area contributed by atoms with Crippen LogP contribution in [0.25, 0.3) is 0 Å². The first kappa shape index (κ1) is 15.9. The fourth-order valence-corrected chi connectivity index (χ4v) is 2.71. The van der Waals surface area contributed by atoms with Crippen molar-refractivity contribution in [3.8, 4) is 6.07 Å². The fraction of sp³-hybridized carbons (Fsp3) is 0.333. The lowest BCUT2D eigenvalue weighted by atomic mass is 9.99. The first-order valence-electron chi connectivity index (χ1n) is 8.05. The number of carbonyl (C=O) groups excluding carboxylic acids is 1. The molecule has 1 amide bonds. The summed E-state index contributed by atoms with van der Waals surface area (Å²) in [5.74, 6) is 1.02. The van der Waals surface area contributed by atoms with Gasteiger partial charge >= 0.3 is 0 Å². The van der Waals surface area contributed by atoms with Crippen LogP contribution in [0.4, 0.5) is 11.6 Å². The van der Waals surface area contributed by atoms with Crippen LogP contribution in [0.5, 0.6) is 0 Å². The van der Waals surface area contributed by atoms with Crippen molar-refractivity contribution in [1.29, 1.82) is 5.26 Å². The molecule has 1 aliphatic heterocycles. The summed E-state index contributed by atoms with van der Waals surface area (Å²) in [5, 5.41) is 12.1. The normalized spacial score (nSPS) is 14.9. The number of hydrogen-bond donors (Lipinski definition) is 1. The number of hydrogen-bond acceptors (Lipinski definition) is 5. The number of nitrogens with zero attached hydrogens (tertiary/aromatic N) is 4. The molecule has 0 aliphatic carbocycles. The maximum atomic E-state index is 12.5. The molecule has 3 rings (SSSR count). The zero-order valence-electron chi connectivity index (χ0n) is 13.6. The van der Waals surface area contributed by atoms with Gasteiger partial charge < -0.3 is 10.2 Å². The van der Waals surface area contributed by atoms with E-state index in [1.807, 2.05) is 11.0 Å². The van der Waals surface area contributed by atoms with Gasteiger partial charge in [0.05, 0.1) is 16.8 Å². The van der Waals surface area contributed by atoms with Crippen molar-refractivity contribution < 1.29 is 4.79 Å². The summed E-state index contributed by atoms with van der Waals surface area (Å²) in [6.45, 7) is 3.79. The zero-order chi connectivity index (χ0) is 16.9. The minimum absolute atomic E-state index is 0.0223. The van der Waals surface area contributed by atoms with E-state index in [1.165, 1.54) is 12.4 Å². The van der Waals surface area contributed by atoms with Gasteiger partial charge in [0.15, 0.2) is 0 Å². The number of aromatic nitrogens is 2. The summed E-state index contributed by atoms with van der Waals surface area (Å²) in [4.78, 5) is 22.7. The Hall–Kier alpha value is -2.94. The van der Waals surface area contributed by atoms with Crippen LogP contribution < -0.4 is 5.32 Å². The predicted octanol–water partition coefficient (Wildman–Crippen LogP) is 2.96. The molecule has 0 spiro atoms. The molecule has 1 N–H and O–H groups in total. The highest BCUT2D eigenvalue weighted by Crippen LogP contribution is 2.19. The van der Waals surface area contributed by atoms with Crippen LogP contribution in [0.3, 0.4) is 0 Å². The third kappa shape index (κ3) is 3.51. The number of amides is 1. The van der Waals surface area contributed by atoms with Crippen LogP contribution in [0.15, 0.2) is 36.7 Å². The van der Waals surface area contributed by atoms with E-state index in [1.54, 1.807) is 18.2 Å². The Balaban J connectivity index is 1.69. The van der Waals surface area contributed by atoms with Crippen molar-refractivity contribution in [3.63, 3.8) is 0 Å². The summed E-state index contributed by atoms with van der Waals surface area (Å²) in [7, 11) is 0. The Bertz CT molecular complexity index is 758. The van der Waals surface area contributed by atoms with Crippen molar-refractivity contribution in [3.05, 3.63) is 47.8 Å². The molecule has 2 heterocycles. The average molecular weight is 321 g/mol. The largest absolute Gasteiger partial charge is 0.339 e. The molecule has 1 aromatic carbocycles. The molecule has 1 saturated heterocycles. The van der Waals surface area contributed by atoms with Crippen molar-refractivity contribution in [2.75, 3.05) is 18.4 Å². The van der Waals surface area contributed by atoms with E-state index in [-0.39, 0.29) is 5.91 Å². The quantitative estimate of drug-likeness (QED) is 0.940. The maximum absolute atomic E-state index is 12.5. The summed E-state index contributed by atoms with van der Waals surface area (Å²) in [6, 6.07) is 9.25. The van der Waals surface area contributed by atoms with E-state index in [0.717, 1.165) is 25.9 Å². The fourth-order valence-electron chi connectivity index (χ4n) is 2.71. The summed E-state index contributed by atoms with van der Waals surface area (Å²) in [5.41, 5.74) is 1.65. The molecule has 0 unspecified atom stereocenters. The molecule has 6 nitrogen and oxygen atoms in total. The predicted molar refractivity (Wildman–Crippen MR) is 90.8 cm³/mol. The van der Waals surface area contributed by atoms with E-state index in [0.29, 0.717) is 28.7 Å². The van der Waals surface area contributed by atoms with Gasteiger partial charge in [0.2, 0.25) is 5.95 Å². The third-order valence-corrected chi connectivity index (χ3v) is 4.26. The van der Waals surface area contributed by atoms with Gasteiger partial charge in [-0.05, 0) is 30.9 Å². The van der Waals surface area contributed by atoms with Crippen LogP contribution in [-0.2, 0) is 0 Å². The van der Waals surface area contributed by atoms with Crippen molar-refractivity contribution in [2.24, 2.45) is 5.92 Å². The first-order chi connectivity index (χ1) is 11.7. The Morgan fingerprint density at radius 3 is 2.58 bits per heavy atom. The number of carbonyl (C=O) groups is 1. The lowest BCUT2D eigenvalue weighted by Gasteiger charge is -2.30. The molecule has 0 bridgehead atoms. The number of nitrogens with one attached hydrogen (secondary N) is 1. The molecule has 0 saturated carbocycles. The van der Waals surface area contributed by atoms with Gasteiger partial charge in [-0.1, -0.05) is 19.1 Å². The standard InChI is InChI=1S/C18H19N5O/c1-13-6-8-23(9-7-13)17(24)15-11-20-18(21-12-15)22-16-5-3-2-4-14(16)10-19/h2-5,11-13H,6-9H2,1H3,(H,20,21,22). The topological polar surface area (TPSA) is 81.9 Å². The zero-order valence-corrected chi connectivity index (χ0v) is 13.6. The summed E-state index contributed by atoms with van der Waals surface area (Å²) >= 11 is 0. The Morgan fingerprint density at radius 2 is 1.92 bits per heavy atom. The number of likely N-dealkylation sites (tertiary alicyclic amines) is 1. The minimum atomic E-state index is -0.0223. The molecule has 24 heavy (non-hydrogen) atoms. The Labute approximate surface area is 141 Å². The Kier molecular flexibility index (Phi) is 4.71. The lowest BCUT2D eigenvalue weighted by Crippen LogP contribution is -2.38. The monoisotopic (exact) mass is 321 g/mol. The van der Waals surface area contributed by atoms with Crippen LogP contribution in [0.1, 0.15) is 35.7 Å². The molecule has 2 aromatic rings. The SMILES string of the molecule is CC1CCN(C(=O)c2cnc(Nc3ccccc3C#N)nc2)CC1. The number of benzene rings is 1. The number of rotatable bonds is 3. The summed E-state index contributed by atoms with van der Waals surface area (Å²) < 4.78 is 0. The highest BCUT2D eigenvalue weighted by molar-refractivity contribution is 5.93. The summed E-state index contributed by atoms with van der Waals surface area (Å²) in [6.07, 6.45) is 5.14. The van der Waals surface area contributed by atoms with Gasteiger partial charge in [-0.2, -0.15) is 5.26 Å². The van der Waals surface area contributed by atoms with Crippen LogP contribution in [-0.4, -0.2) is 33.9 Å². The molecule has 1 aromatic heterocycles. The van der Waals surface area contributed by atoms with E-state index >= 15 is 0 Å². The second-order valence-electron chi connectivity index (χ2n) is 6.05. The molecular formula is C18H19N5O. The van der Waals surface area contributed by atoms with Gasteiger partial charge in [-0.25, -0.2) is 9.97 Å². The van der Waals surface area contributed by atoms with Gasteiger partial charge in [-0.15, -0.1) is 0 Å². The Morgan fingerprint density at radius 1 is 1.25 bits per heavy atom. The van der Waals surface area contributed by atoms with Crippen LogP contribution in [0, 0.1) is 17.2 Å². The second kappa shape index (κ2) is 7.09. The molecule has 0 atom stereocenters. The number of anilines is 2. The molecule has 122 valence electrons. The maximum Gasteiger partial charge on any atom is 0.256 e. The highest BCUT2D eigenvalue weighted by atomic mass is 16.2. The van der Waals surface area contributed by atoms with Gasteiger partial charge in [0.1, 0.15) is 6.07 Å². The van der Waals surface area contributed by atoms with Crippen LogP contribution >= 0.6 is 0 Å². The number of nitriles is 1. The van der Waals surface area contributed by atoms with Crippen LogP contribution in [0.2, 0.25) is 0 Å². The van der Waals surface area contributed by atoms with Gasteiger partial charge in [-0.3, -0.25) is 4.79 Å². The molecule has 6 heteroatoms. The lowest BCUT2D eigenvalue weighted by molar-refractivity contribution is 0.0696. The third-order valence-electron chi connectivity index (χ3n) is 4.26. The minimum Gasteiger partial charge on any atom is -0.339 e. The number of para-hydroxylation sites is 1. The first-order valence-corrected chi connectivity index (χ1v) is 8.05. The van der Waals surface area contributed by atoms with Crippen molar-refractivity contribution in [2.45, 2.75) is 19.8 Å². The molecule has 1 fully saturated rings. The van der Waals surface area contributed by atoms with Gasteiger partial charge in [0.25, 0.3) is 5.91 Å².